The second kappa shape index (κ2) is 7.14. The van der Waals surface area contributed by atoms with E-state index in [1.165, 1.54) is 10.7 Å². The van der Waals surface area contributed by atoms with Crippen molar-refractivity contribution in [1.29, 1.82) is 0 Å². The monoisotopic (exact) mass is 351 g/mol. The summed E-state index contributed by atoms with van der Waals surface area (Å²) < 4.78 is 33.9. The molecular formula is C16H21N3O4S. The summed E-state index contributed by atoms with van der Waals surface area (Å²) in [5.74, 6) is 0.641. The van der Waals surface area contributed by atoms with Crippen molar-refractivity contribution in [2.75, 3.05) is 13.7 Å². The molecule has 0 bridgehead atoms. The standard InChI is InChI=1S/C16H21N3O4S/c1-11-10-15(12(2)9-14(11)23-4)24(21,22)17-7-8-19-16(20)6-5-13(3)18-19/h5-6,9-10,17H,7-8H2,1-4H3. The molecule has 0 saturated carbocycles. The van der Waals surface area contributed by atoms with Crippen LogP contribution in [0.4, 0.5) is 0 Å². The van der Waals surface area contributed by atoms with Gasteiger partial charge in [-0.25, -0.2) is 17.8 Å². The topological polar surface area (TPSA) is 90.3 Å². The van der Waals surface area contributed by atoms with Crippen molar-refractivity contribution in [3.05, 3.63) is 51.4 Å². The Morgan fingerprint density at radius 1 is 1.17 bits per heavy atom. The molecule has 24 heavy (non-hydrogen) atoms. The number of ether oxygens (including phenoxy) is 1. The van der Waals surface area contributed by atoms with Crippen molar-refractivity contribution in [1.82, 2.24) is 14.5 Å². The molecule has 0 unspecified atom stereocenters. The third-order valence-corrected chi connectivity index (χ3v) is 5.20. The quantitative estimate of drug-likeness (QED) is 0.843. The van der Waals surface area contributed by atoms with Crippen LogP contribution in [0.2, 0.25) is 0 Å². The van der Waals surface area contributed by atoms with Gasteiger partial charge < -0.3 is 4.74 Å². The molecular weight excluding hydrogens is 330 g/mol. The Balaban J connectivity index is 2.16. The highest BCUT2D eigenvalue weighted by Crippen LogP contribution is 2.25. The van der Waals surface area contributed by atoms with Gasteiger partial charge in [0.2, 0.25) is 10.0 Å². The summed E-state index contributed by atoms with van der Waals surface area (Å²) >= 11 is 0. The zero-order valence-electron chi connectivity index (χ0n) is 14.2. The van der Waals surface area contributed by atoms with Gasteiger partial charge in [-0.15, -0.1) is 0 Å². The van der Waals surface area contributed by atoms with Gasteiger partial charge in [0.05, 0.1) is 24.2 Å². The number of benzene rings is 1. The molecule has 1 N–H and O–H groups in total. The normalized spacial score (nSPS) is 11.5. The second-order valence-electron chi connectivity index (χ2n) is 5.52. The summed E-state index contributed by atoms with van der Waals surface area (Å²) in [6, 6.07) is 6.30. The predicted octanol–water partition coefficient (Wildman–Crippen LogP) is 1.16. The van der Waals surface area contributed by atoms with Gasteiger partial charge in [0, 0.05) is 12.6 Å². The molecule has 0 spiro atoms. The van der Waals surface area contributed by atoms with Crippen LogP contribution >= 0.6 is 0 Å². The van der Waals surface area contributed by atoms with Crippen molar-refractivity contribution in [3.8, 4) is 5.75 Å². The first kappa shape index (κ1) is 18.2. The molecule has 0 aliphatic heterocycles. The Labute approximate surface area is 141 Å². The molecule has 130 valence electrons. The molecule has 0 saturated heterocycles. The highest BCUT2D eigenvalue weighted by Gasteiger charge is 2.18. The molecule has 8 heteroatoms. The third kappa shape index (κ3) is 4.01. The van der Waals surface area contributed by atoms with Gasteiger partial charge >= 0.3 is 0 Å². The van der Waals surface area contributed by atoms with Crippen molar-refractivity contribution in [2.45, 2.75) is 32.2 Å². The average molecular weight is 351 g/mol. The maximum absolute atomic E-state index is 12.5. The van der Waals surface area contributed by atoms with E-state index in [1.807, 2.05) is 0 Å². The van der Waals surface area contributed by atoms with Crippen LogP contribution < -0.4 is 15.0 Å². The van der Waals surface area contributed by atoms with E-state index in [2.05, 4.69) is 9.82 Å². The average Bonchev–Trinajstić information content (AvgIpc) is 2.52. The fourth-order valence-corrected chi connectivity index (χ4v) is 3.68. The highest BCUT2D eigenvalue weighted by molar-refractivity contribution is 7.89. The summed E-state index contributed by atoms with van der Waals surface area (Å²) in [5, 5.41) is 4.07. The fourth-order valence-electron chi connectivity index (χ4n) is 2.35. The highest BCUT2D eigenvalue weighted by atomic mass is 32.2. The first-order valence-corrected chi connectivity index (χ1v) is 8.92. The minimum atomic E-state index is -3.68. The van der Waals surface area contributed by atoms with Crippen LogP contribution in [0.1, 0.15) is 16.8 Å². The Kier molecular flexibility index (Phi) is 5.40. The minimum absolute atomic E-state index is 0.0726. The lowest BCUT2D eigenvalue weighted by Gasteiger charge is -2.13. The van der Waals surface area contributed by atoms with E-state index in [0.717, 1.165) is 5.56 Å². The molecule has 0 fully saturated rings. The molecule has 1 aromatic carbocycles. The van der Waals surface area contributed by atoms with E-state index < -0.39 is 10.0 Å². The molecule has 2 rings (SSSR count). The van der Waals surface area contributed by atoms with E-state index in [4.69, 9.17) is 4.74 Å². The first-order chi connectivity index (χ1) is 11.2. The number of nitrogens with zero attached hydrogens (tertiary/aromatic N) is 2. The maximum atomic E-state index is 12.5. The number of aryl methyl sites for hydroxylation is 3. The van der Waals surface area contributed by atoms with E-state index in [1.54, 1.807) is 46.1 Å². The van der Waals surface area contributed by atoms with E-state index >= 15 is 0 Å². The lowest BCUT2D eigenvalue weighted by molar-refractivity contribution is 0.411. The lowest BCUT2D eigenvalue weighted by Crippen LogP contribution is -2.32. The minimum Gasteiger partial charge on any atom is -0.496 e. The molecule has 1 aromatic heterocycles. The fraction of sp³-hybridized carbons (Fsp3) is 0.375. The van der Waals surface area contributed by atoms with Crippen LogP contribution in [0.25, 0.3) is 0 Å². The maximum Gasteiger partial charge on any atom is 0.266 e. The van der Waals surface area contributed by atoms with Crippen LogP contribution in [0.15, 0.2) is 34.0 Å². The van der Waals surface area contributed by atoms with Crippen LogP contribution in [0, 0.1) is 20.8 Å². The van der Waals surface area contributed by atoms with Crippen LogP contribution in [0.5, 0.6) is 5.75 Å². The number of hydrogen-bond acceptors (Lipinski definition) is 5. The molecule has 0 aliphatic rings. The molecule has 0 atom stereocenters. The van der Waals surface area contributed by atoms with Gasteiger partial charge in [0.25, 0.3) is 5.56 Å². The van der Waals surface area contributed by atoms with E-state index in [0.29, 0.717) is 17.0 Å². The molecule has 0 aliphatic carbocycles. The number of rotatable bonds is 6. The molecule has 7 nitrogen and oxygen atoms in total. The van der Waals surface area contributed by atoms with Crippen LogP contribution in [-0.2, 0) is 16.6 Å². The van der Waals surface area contributed by atoms with Crippen molar-refractivity contribution < 1.29 is 13.2 Å². The molecule has 1 heterocycles. The first-order valence-electron chi connectivity index (χ1n) is 7.44. The molecule has 0 amide bonds. The zero-order chi connectivity index (χ0) is 17.9. The van der Waals surface area contributed by atoms with Crippen molar-refractivity contribution in [2.24, 2.45) is 0 Å². The number of hydrogen-bond donors (Lipinski definition) is 1. The largest absolute Gasteiger partial charge is 0.496 e. The SMILES string of the molecule is COc1cc(C)c(S(=O)(=O)NCCn2nc(C)ccc2=O)cc1C. The Morgan fingerprint density at radius 3 is 2.54 bits per heavy atom. The van der Waals surface area contributed by atoms with E-state index in [9.17, 15) is 13.2 Å². The third-order valence-electron chi connectivity index (χ3n) is 3.60. The van der Waals surface area contributed by atoms with Gasteiger partial charge in [-0.05, 0) is 50.1 Å². The number of aromatic nitrogens is 2. The van der Waals surface area contributed by atoms with Gasteiger partial charge in [-0.3, -0.25) is 4.79 Å². The summed E-state index contributed by atoms with van der Waals surface area (Å²) in [6.45, 7) is 5.50. The summed E-state index contributed by atoms with van der Waals surface area (Å²) in [7, 11) is -2.14. The Hall–Kier alpha value is -2.19. The molecule has 2 aromatic rings. The molecule has 0 radical (unpaired) electrons. The Bertz CT molecular complexity index is 904. The van der Waals surface area contributed by atoms with Gasteiger partial charge in [0.1, 0.15) is 5.75 Å². The number of nitrogens with one attached hydrogen (secondary N) is 1. The van der Waals surface area contributed by atoms with Crippen molar-refractivity contribution in [3.63, 3.8) is 0 Å². The van der Waals surface area contributed by atoms with Gasteiger partial charge in [-0.2, -0.15) is 5.10 Å². The zero-order valence-corrected chi connectivity index (χ0v) is 15.0. The summed E-state index contributed by atoms with van der Waals surface area (Å²) in [5.41, 5.74) is 1.76. The van der Waals surface area contributed by atoms with Gasteiger partial charge in [-0.1, -0.05) is 0 Å². The lowest BCUT2D eigenvalue weighted by atomic mass is 10.1. The van der Waals surface area contributed by atoms with E-state index in [-0.39, 0.29) is 23.5 Å². The number of methoxy groups -OCH3 is 1. The summed E-state index contributed by atoms with van der Waals surface area (Å²) in [4.78, 5) is 11.9. The smallest absolute Gasteiger partial charge is 0.266 e. The van der Waals surface area contributed by atoms with Crippen molar-refractivity contribution >= 4 is 10.0 Å². The van der Waals surface area contributed by atoms with Crippen LogP contribution in [0.3, 0.4) is 0 Å². The number of sulfonamides is 1. The second-order valence-corrected chi connectivity index (χ2v) is 7.26. The summed E-state index contributed by atoms with van der Waals surface area (Å²) in [6.07, 6.45) is 0. The van der Waals surface area contributed by atoms with Crippen LogP contribution in [-0.4, -0.2) is 31.9 Å². The Morgan fingerprint density at radius 2 is 1.88 bits per heavy atom. The predicted molar refractivity (Wildman–Crippen MR) is 90.9 cm³/mol. The van der Waals surface area contributed by atoms with Gasteiger partial charge in [0.15, 0.2) is 0 Å².